The van der Waals surface area contributed by atoms with Gasteiger partial charge in [-0.05, 0) is 31.5 Å². The van der Waals surface area contributed by atoms with E-state index in [0.29, 0.717) is 6.42 Å². The lowest BCUT2D eigenvalue weighted by atomic mass is 10.1. The van der Waals surface area contributed by atoms with Crippen LogP contribution in [0.25, 0.3) is 0 Å². The largest absolute Gasteiger partial charge is 0.416 e. The average molecular weight is 261 g/mol. The molecular formula is C12H14F3NO2. The van der Waals surface area contributed by atoms with E-state index in [9.17, 15) is 18.0 Å². The van der Waals surface area contributed by atoms with Crippen molar-refractivity contribution in [2.24, 2.45) is 0 Å². The molecule has 0 aromatic heterocycles. The maximum absolute atomic E-state index is 12.4. The maximum Gasteiger partial charge on any atom is 0.416 e. The van der Waals surface area contributed by atoms with Crippen LogP contribution in [0.3, 0.4) is 0 Å². The lowest BCUT2D eigenvalue weighted by molar-refractivity contribution is -0.137. The van der Waals surface area contributed by atoms with Crippen LogP contribution < -0.4 is 5.32 Å². The Balaban J connectivity index is 2.81. The molecule has 1 aromatic carbocycles. The maximum atomic E-state index is 12.4. The molecule has 0 spiro atoms. The van der Waals surface area contributed by atoms with Crippen LogP contribution in [-0.4, -0.2) is 23.7 Å². The number of alkyl halides is 3. The van der Waals surface area contributed by atoms with Crippen molar-refractivity contribution in [2.45, 2.75) is 25.6 Å². The third-order valence-corrected chi connectivity index (χ3v) is 2.39. The molecule has 6 heteroatoms. The van der Waals surface area contributed by atoms with Gasteiger partial charge in [-0.2, -0.15) is 13.2 Å². The Bertz CT molecular complexity index is 418. The molecule has 1 aromatic rings. The lowest BCUT2D eigenvalue weighted by Gasteiger charge is -2.13. The third kappa shape index (κ3) is 4.03. The molecule has 3 nitrogen and oxygen atoms in total. The van der Waals surface area contributed by atoms with E-state index in [0.717, 1.165) is 12.1 Å². The molecule has 100 valence electrons. The molecule has 0 aliphatic rings. The van der Waals surface area contributed by atoms with Gasteiger partial charge in [-0.25, -0.2) is 0 Å². The Kier molecular flexibility index (Phi) is 4.72. The van der Waals surface area contributed by atoms with Crippen molar-refractivity contribution in [3.63, 3.8) is 0 Å². The second kappa shape index (κ2) is 5.86. The Morgan fingerprint density at radius 1 is 1.44 bits per heavy atom. The number of rotatable bonds is 4. The van der Waals surface area contributed by atoms with Gasteiger partial charge in [0.25, 0.3) is 5.91 Å². The second-order valence-electron chi connectivity index (χ2n) is 3.97. The number of hydrogen-bond acceptors (Lipinski definition) is 2. The van der Waals surface area contributed by atoms with Crippen LogP contribution in [0.5, 0.6) is 0 Å². The molecule has 18 heavy (non-hydrogen) atoms. The van der Waals surface area contributed by atoms with E-state index in [4.69, 9.17) is 5.11 Å². The fourth-order valence-electron chi connectivity index (χ4n) is 1.41. The minimum absolute atomic E-state index is 0.0467. The van der Waals surface area contributed by atoms with Crippen LogP contribution >= 0.6 is 0 Å². The highest BCUT2D eigenvalue weighted by Gasteiger charge is 2.30. The summed E-state index contributed by atoms with van der Waals surface area (Å²) in [6.07, 6.45) is -4.11. The monoisotopic (exact) mass is 261 g/mol. The molecule has 1 rings (SSSR count). The molecule has 0 fully saturated rings. The SMILES string of the molecule is CC(CCO)NC(=O)c1cccc(C(F)(F)F)c1. The number of aliphatic hydroxyl groups excluding tert-OH is 1. The first-order valence-electron chi connectivity index (χ1n) is 5.43. The zero-order valence-corrected chi connectivity index (χ0v) is 9.79. The zero-order valence-electron chi connectivity index (χ0n) is 9.79. The summed E-state index contributed by atoms with van der Waals surface area (Å²) in [4.78, 5) is 11.6. The van der Waals surface area contributed by atoms with E-state index in [-0.39, 0.29) is 18.2 Å². The zero-order chi connectivity index (χ0) is 13.8. The van der Waals surface area contributed by atoms with Crippen LogP contribution in [0.15, 0.2) is 24.3 Å². The average Bonchev–Trinajstić information content (AvgIpc) is 2.28. The van der Waals surface area contributed by atoms with Gasteiger partial charge in [0.15, 0.2) is 0 Å². The number of halogens is 3. The Morgan fingerprint density at radius 2 is 2.11 bits per heavy atom. The van der Waals surface area contributed by atoms with E-state index < -0.39 is 17.6 Å². The highest BCUT2D eigenvalue weighted by atomic mass is 19.4. The predicted molar refractivity (Wildman–Crippen MR) is 60.1 cm³/mol. The van der Waals surface area contributed by atoms with Gasteiger partial charge in [0.05, 0.1) is 5.56 Å². The number of carbonyl (C=O) groups excluding carboxylic acids is 1. The van der Waals surface area contributed by atoms with Crippen LogP contribution in [0.4, 0.5) is 13.2 Å². The van der Waals surface area contributed by atoms with Gasteiger partial charge in [-0.1, -0.05) is 6.07 Å². The predicted octanol–water partition coefficient (Wildman–Crippen LogP) is 2.21. The number of carbonyl (C=O) groups is 1. The first-order valence-corrected chi connectivity index (χ1v) is 5.43. The summed E-state index contributed by atoms with van der Waals surface area (Å²) < 4.78 is 37.3. The summed E-state index contributed by atoms with van der Waals surface area (Å²) >= 11 is 0. The molecule has 0 bridgehead atoms. The number of amides is 1. The minimum atomic E-state index is -4.47. The molecule has 1 atom stereocenters. The molecular weight excluding hydrogens is 247 g/mol. The van der Waals surface area contributed by atoms with Crippen molar-refractivity contribution in [1.82, 2.24) is 5.32 Å². The topological polar surface area (TPSA) is 49.3 Å². The summed E-state index contributed by atoms with van der Waals surface area (Å²) in [6, 6.07) is 3.93. The lowest BCUT2D eigenvalue weighted by Crippen LogP contribution is -2.33. The van der Waals surface area contributed by atoms with Gasteiger partial charge in [0.2, 0.25) is 0 Å². The van der Waals surface area contributed by atoms with Gasteiger partial charge in [0, 0.05) is 18.2 Å². The molecule has 0 saturated carbocycles. The molecule has 0 aliphatic heterocycles. The van der Waals surface area contributed by atoms with Crippen LogP contribution in [0, 0.1) is 0 Å². The fraction of sp³-hybridized carbons (Fsp3) is 0.417. The number of benzene rings is 1. The highest BCUT2D eigenvalue weighted by Crippen LogP contribution is 2.29. The van der Waals surface area contributed by atoms with Crippen molar-refractivity contribution < 1.29 is 23.1 Å². The Hall–Kier alpha value is -1.56. The molecule has 0 aliphatic carbocycles. The van der Waals surface area contributed by atoms with Crippen molar-refractivity contribution >= 4 is 5.91 Å². The van der Waals surface area contributed by atoms with Crippen molar-refractivity contribution in [3.05, 3.63) is 35.4 Å². The van der Waals surface area contributed by atoms with E-state index in [1.807, 2.05) is 0 Å². The van der Waals surface area contributed by atoms with E-state index in [1.54, 1.807) is 6.92 Å². The Morgan fingerprint density at radius 3 is 2.67 bits per heavy atom. The van der Waals surface area contributed by atoms with Gasteiger partial charge < -0.3 is 10.4 Å². The quantitative estimate of drug-likeness (QED) is 0.873. The molecule has 1 amide bonds. The van der Waals surface area contributed by atoms with Gasteiger partial charge in [-0.15, -0.1) is 0 Å². The van der Waals surface area contributed by atoms with Gasteiger partial charge in [0.1, 0.15) is 0 Å². The van der Waals surface area contributed by atoms with Gasteiger partial charge in [-0.3, -0.25) is 4.79 Å². The van der Waals surface area contributed by atoms with E-state index in [2.05, 4.69) is 5.32 Å². The molecule has 0 radical (unpaired) electrons. The van der Waals surface area contributed by atoms with E-state index >= 15 is 0 Å². The third-order valence-electron chi connectivity index (χ3n) is 2.39. The summed E-state index contributed by atoms with van der Waals surface area (Å²) in [5, 5.41) is 11.2. The minimum Gasteiger partial charge on any atom is -0.396 e. The first kappa shape index (κ1) is 14.5. The number of aliphatic hydroxyl groups is 1. The van der Waals surface area contributed by atoms with Gasteiger partial charge >= 0.3 is 6.18 Å². The smallest absolute Gasteiger partial charge is 0.396 e. The van der Waals surface area contributed by atoms with Crippen LogP contribution in [0.2, 0.25) is 0 Å². The first-order chi connectivity index (χ1) is 8.34. The fourth-order valence-corrected chi connectivity index (χ4v) is 1.41. The standard InChI is InChI=1S/C12H14F3NO2/c1-8(5-6-17)16-11(18)9-3-2-4-10(7-9)12(13,14)15/h2-4,7-8,17H,5-6H2,1H3,(H,16,18). The van der Waals surface area contributed by atoms with Crippen LogP contribution in [-0.2, 0) is 6.18 Å². The summed E-state index contributed by atoms with van der Waals surface area (Å²) in [5.74, 6) is -0.581. The van der Waals surface area contributed by atoms with Crippen molar-refractivity contribution in [2.75, 3.05) is 6.61 Å². The molecule has 2 N–H and O–H groups in total. The summed E-state index contributed by atoms with van der Waals surface area (Å²) in [6.45, 7) is 1.58. The van der Waals surface area contributed by atoms with Crippen molar-refractivity contribution in [3.8, 4) is 0 Å². The van der Waals surface area contributed by atoms with Crippen molar-refractivity contribution in [1.29, 1.82) is 0 Å². The highest BCUT2D eigenvalue weighted by molar-refractivity contribution is 5.94. The Labute approximate surface area is 103 Å². The molecule has 1 unspecified atom stereocenters. The number of hydrogen-bond donors (Lipinski definition) is 2. The molecule has 0 saturated heterocycles. The van der Waals surface area contributed by atoms with E-state index in [1.165, 1.54) is 12.1 Å². The summed E-state index contributed by atoms with van der Waals surface area (Å²) in [5.41, 5.74) is -0.903. The van der Waals surface area contributed by atoms with Crippen LogP contribution in [0.1, 0.15) is 29.3 Å². The second-order valence-corrected chi connectivity index (χ2v) is 3.97. The normalized spacial score (nSPS) is 13.2. The number of nitrogens with one attached hydrogen (secondary N) is 1. The molecule has 0 heterocycles. The summed E-state index contributed by atoms with van der Waals surface area (Å²) in [7, 11) is 0.